The Morgan fingerprint density at radius 1 is 1.62 bits per heavy atom. The van der Waals surface area contributed by atoms with Gasteiger partial charge in [0.2, 0.25) is 5.91 Å². The van der Waals surface area contributed by atoms with E-state index in [9.17, 15) is 4.79 Å². The summed E-state index contributed by atoms with van der Waals surface area (Å²) in [5.74, 6) is -0.443. The highest BCUT2D eigenvalue weighted by atomic mass is 16.1. The number of primary amides is 1. The third-order valence-corrected chi connectivity index (χ3v) is 1.88. The van der Waals surface area contributed by atoms with Crippen molar-refractivity contribution in [1.82, 2.24) is 0 Å². The lowest BCUT2D eigenvalue weighted by atomic mass is 10.0. The molecule has 13 heavy (non-hydrogen) atoms. The number of rotatable bonds is 2. The van der Waals surface area contributed by atoms with E-state index in [1.165, 1.54) is 0 Å². The third-order valence-electron chi connectivity index (χ3n) is 1.88. The average molecular weight is 174 g/mol. The van der Waals surface area contributed by atoms with Crippen molar-refractivity contribution in [2.24, 2.45) is 5.73 Å². The summed E-state index contributed by atoms with van der Waals surface area (Å²) in [5.41, 5.74) is 7.04. The van der Waals surface area contributed by atoms with E-state index < -0.39 is 5.91 Å². The zero-order valence-electron chi connectivity index (χ0n) is 7.37. The maximum Gasteiger partial charge on any atom is 0.248 e. The number of nitriles is 1. The Bertz CT molecular complexity index is 377. The Morgan fingerprint density at radius 3 is 2.77 bits per heavy atom. The number of hydrogen-bond acceptors (Lipinski definition) is 2. The number of nitrogens with zero attached hydrogens (tertiary/aromatic N) is 1. The molecule has 1 amide bonds. The van der Waals surface area contributed by atoms with Crippen molar-refractivity contribution in [3.05, 3.63) is 34.9 Å². The molecule has 0 saturated carbocycles. The number of amides is 1. The molecule has 2 N–H and O–H groups in total. The van der Waals surface area contributed by atoms with Crippen molar-refractivity contribution in [2.75, 3.05) is 0 Å². The van der Waals surface area contributed by atoms with Crippen LogP contribution < -0.4 is 5.73 Å². The van der Waals surface area contributed by atoms with E-state index in [0.29, 0.717) is 17.5 Å². The van der Waals surface area contributed by atoms with E-state index in [0.717, 1.165) is 5.56 Å². The van der Waals surface area contributed by atoms with E-state index in [4.69, 9.17) is 11.0 Å². The topological polar surface area (TPSA) is 66.9 Å². The fraction of sp³-hybridized carbons (Fsp3) is 0.200. The van der Waals surface area contributed by atoms with E-state index in [1.807, 2.05) is 13.0 Å². The van der Waals surface area contributed by atoms with E-state index in [2.05, 4.69) is 0 Å². The molecular formula is C10H10N2O. The lowest BCUT2D eigenvalue weighted by Gasteiger charge is -2.03. The Balaban J connectivity index is 3.25. The minimum absolute atomic E-state index is 0.443. The lowest BCUT2D eigenvalue weighted by Crippen LogP contribution is -2.13. The van der Waals surface area contributed by atoms with Gasteiger partial charge in [0, 0.05) is 5.56 Å². The standard InChI is InChI=1S/C10H10N2O/c1-2-8-5-7(6-11)3-4-9(8)10(12)13/h3-5H,2H2,1H3,(H2,12,13). The Kier molecular flexibility index (Phi) is 2.65. The fourth-order valence-corrected chi connectivity index (χ4v) is 1.20. The Hall–Kier alpha value is -1.82. The molecule has 0 saturated heterocycles. The molecule has 0 radical (unpaired) electrons. The highest BCUT2D eigenvalue weighted by molar-refractivity contribution is 5.94. The minimum atomic E-state index is -0.443. The lowest BCUT2D eigenvalue weighted by molar-refractivity contribution is 0.0999. The van der Waals surface area contributed by atoms with Crippen LogP contribution >= 0.6 is 0 Å². The molecule has 0 bridgehead atoms. The van der Waals surface area contributed by atoms with Crippen LogP contribution in [0.15, 0.2) is 18.2 Å². The van der Waals surface area contributed by atoms with Crippen molar-refractivity contribution in [3.63, 3.8) is 0 Å². The number of benzene rings is 1. The zero-order chi connectivity index (χ0) is 9.84. The van der Waals surface area contributed by atoms with Crippen LogP contribution in [-0.2, 0) is 6.42 Å². The maximum atomic E-state index is 10.9. The van der Waals surface area contributed by atoms with Gasteiger partial charge >= 0.3 is 0 Å². The molecule has 0 aliphatic rings. The fourth-order valence-electron chi connectivity index (χ4n) is 1.20. The van der Waals surface area contributed by atoms with E-state index in [-0.39, 0.29) is 0 Å². The molecule has 0 heterocycles. The number of nitrogens with two attached hydrogens (primary N) is 1. The summed E-state index contributed by atoms with van der Waals surface area (Å²) in [7, 11) is 0. The largest absolute Gasteiger partial charge is 0.366 e. The SMILES string of the molecule is CCc1cc(C#N)ccc1C(N)=O. The molecule has 0 spiro atoms. The first-order valence-corrected chi connectivity index (χ1v) is 4.02. The Morgan fingerprint density at radius 2 is 2.31 bits per heavy atom. The third kappa shape index (κ3) is 1.85. The molecule has 3 heteroatoms. The summed E-state index contributed by atoms with van der Waals surface area (Å²) < 4.78 is 0. The van der Waals surface area contributed by atoms with Gasteiger partial charge in [-0.05, 0) is 30.2 Å². The van der Waals surface area contributed by atoms with E-state index in [1.54, 1.807) is 18.2 Å². The summed E-state index contributed by atoms with van der Waals surface area (Å²) in [6, 6.07) is 6.90. The normalized spacial score (nSPS) is 9.23. The van der Waals surface area contributed by atoms with Crippen molar-refractivity contribution >= 4 is 5.91 Å². The summed E-state index contributed by atoms with van der Waals surface area (Å²) in [5, 5.41) is 8.62. The first kappa shape index (κ1) is 9.27. The molecule has 1 aromatic rings. The molecule has 0 unspecified atom stereocenters. The zero-order valence-corrected chi connectivity index (χ0v) is 7.37. The molecular weight excluding hydrogens is 164 g/mol. The summed E-state index contributed by atoms with van der Waals surface area (Å²) >= 11 is 0. The van der Waals surface area contributed by atoms with Gasteiger partial charge in [0.25, 0.3) is 0 Å². The summed E-state index contributed by atoms with van der Waals surface area (Å²) in [6.07, 6.45) is 0.702. The van der Waals surface area contributed by atoms with Gasteiger partial charge in [-0.3, -0.25) is 4.79 Å². The van der Waals surface area contributed by atoms with Gasteiger partial charge in [0.15, 0.2) is 0 Å². The van der Waals surface area contributed by atoms with Gasteiger partial charge in [-0.15, -0.1) is 0 Å². The van der Waals surface area contributed by atoms with Crippen molar-refractivity contribution < 1.29 is 4.79 Å². The molecule has 0 atom stereocenters. The second-order valence-corrected chi connectivity index (χ2v) is 2.70. The number of hydrogen-bond donors (Lipinski definition) is 1. The van der Waals surface area contributed by atoms with Crippen LogP contribution in [0.5, 0.6) is 0 Å². The first-order chi connectivity index (χ1) is 6.19. The number of carbonyl (C=O) groups is 1. The molecule has 1 aromatic carbocycles. The van der Waals surface area contributed by atoms with Crippen LogP contribution in [0.25, 0.3) is 0 Å². The quantitative estimate of drug-likeness (QED) is 0.732. The molecule has 1 rings (SSSR count). The Labute approximate surface area is 76.8 Å². The molecule has 0 fully saturated rings. The minimum Gasteiger partial charge on any atom is -0.366 e. The van der Waals surface area contributed by atoms with Gasteiger partial charge in [-0.25, -0.2) is 0 Å². The highest BCUT2D eigenvalue weighted by Crippen LogP contribution is 2.11. The van der Waals surface area contributed by atoms with Crippen LogP contribution in [0, 0.1) is 11.3 Å². The smallest absolute Gasteiger partial charge is 0.248 e. The molecule has 0 aliphatic heterocycles. The molecule has 3 nitrogen and oxygen atoms in total. The summed E-state index contributed by atoms with van der Waals surface area (Å²) in [4.78, 5) is 10.9. The summed E-state index contributed by atoms with van der Waals surface area (Å²) in [6.45, 7) is 1.92. The predicted octanol–water partition coefficient (Wildman–Crippen LogP) is 1.22. The van der Waals surface area contributed by atoms with Gasteiger partial charge in [-0.2, -0.15) is 5.26 Å². The van der Waals surface area contributed by atoms with Crippen LogP contribution in [0.2, 0.25) is 0 Å². The van der Waals surface area contributed by atoms with Crippen LogP contribution in [0.3, 0.4) is 0 Å². The second kappa shape index (κ2) is 3.72. The van der Waals surface area contributed by atoms with Crippen LogP contribution in [0.4, 0.5) is 0 Å². The average Bonchev–Trinajstić information content (AvgIpc) is 2.16. The maximum absolute atomic E-state index is 10.9. The molecule has 66 valence electrons. The van der Waals surface area contributed by atoms with Gasteiger partial charge in [0.1, 0.15) is 0 Å². The van der Waals surface area contributed by atoms with Crippen molar-refractivity contribution in [1.29, 1.82) is 5.26 Å². The van der Waals surface area contributed by atoms with E-state index >= 15 is 0 Å². The highest BCUT2D eigenvalue weighted by Gasteiger charge is 2.06. The van der Waals surface area contributed by atoms with Crippen LogP contribution in [-0.4, -0.2) is 5.91 Å². The monoisotopic (exact) mass is 174 g/mol. The molecule has 0 aliphatic carbocycles. The first-order valence-electron chi connectivity index (χ1n) is 4.02. The number of aryl methyl sites for hydroxylation is 1. The number of carbonyl (C=O) groups excluding carboxylic acids is 1. The van der Waals surface area contributed by atoms with Gasteiger partial charge in [0.05, 0.1) is 11.6 Å². The van der Waals surface area contributed by atoms with Crippen molar-refractivity contribution in [3.8, 4) is 6.07 Å². The van der Waals surface area contributed by atoms with Crippen molar-refractivity contribution in [2.45, 2.75) is 13.3 Å². The molecule has 0 aromatic heterocycles. The predicted molar refractivity (Wildman–Crippen MR) is 49.1 cm³/mol. The van der Waals surface area contributed by atoms with Crippen LogP contribution in [0.1, 0.15) is 28.4 Å². The van der Waals surface area contributed by atoms with Gasteiger partial charge in [-0.1, -0.05) is 6.92 Å². The van der Waals surface area contributed by atoms with Gasteiger partial charge < -0.3 is 5.73 Å². The second-order valence-electron chi connectivity index (χ2n) is 2.70.